The monoisotopic (exact) mass is 402 g/mol. The summed E-state index contributed by atoms with van der Waals surface area (Å²) in [5.74, 6) is 0.151. The van der Waals surface area contributed by atoms with Gasteiger partial charge >= 0.3 is 0 Å². The second-order valence-corrected chi connectivity index (χ2v) is 6.72. The summed E-state index contributed by atoms with van der Waals surface area (Å²) in [5.41, 5.74) is 3.47. The van der Waals surface area contributed by atoms with E-state index in [1.54, 1.807) is 24.5 Å². The molecule has 0 aliphatic rings. The molecule has 0 saturated carbocycles. The Morgan fingerprint density at radius 2 is 1.87 bits per heavy atom. The molecular formula is C21H18N6O3. The van der Waals surface area contributed by atoms with Crippen molar-refractivity contribution in [3.05, 3.63) is 76.3 Å². The molecule has 1 N–H and O–H groups in total. The summed E-state index contributed by atoms with van der Waals surface area (Å²) in [6.45, 7) is 3.71. The highest BCUT2D eigenvalue weighted by atomic mass is 16.5. The van der Waals surface area contributed by atoms with Crippen LogP contribution in [-0.2, 0) is 11.3 Å². The van der Waals surface area contributed by atoms with Crippen molar-refractivity contribution in [2.45, 2.75) is 20.4 Å². The minimum atomic E-state index is -0.414. The molecule has 0 fully saturated rings. The summed E-state index contributed by atoms with van der Waals surface area (Å²) in [7, 11) is 0. The molecule has 1 aromatic carbocycles. The molecular weight excluding hydrogens is 384 g/mol. The number of carbonyl (C=O) groups excluding carboxylic acids is 1. The number of nitrogens with zero attached hydrogens (tertiary/aromatic N) is 5. The third-order valence-electron chi connectivity index (χ3n) is 4.53. The van der Waals surface area contributed by atoms with Crippen molar-refractivity contribution in [3.8, 4) is 23.0 Å². The van der Waals surface area contributed by atoms with Crippen molar-refractivity contribution >= 4 is 11.6 Å². The molecule has 9 nitrogen and oxygen atoms in total. The molecule has 0 aliphatic heterocycles. The number of benzene rings is 1. The number of aryl methyl sites for hydroxylation is 2. The maximum atomic E-state index is 12.4. The van der Waals surface area contributed by atoms with Crippen LogP contribution in [0.4, 0.5) is 5.69 Å². The smallest absolute Gasteiger partial charge is 0.278 e. The van der Waals surface area contributed by atoms with Crippen LogP contribution in [0.5, 0.6) is 0 Å². The lowest BCUT2D eigenvalue weighted by molar-refractivity contribution is -0.117. The Hall–Kier alpha value is -4.14. The van der Waals surface area contributed by atoms with Crippen LogP contribution in [0.1, 0.15) is 11.1 Å². The van der Waals surface area contributed by atoms with Gasteiger partial charge in [-0.05, 0) is 55.3 Å². The predicted octanol–water partition coefficient (Wildman–Crippen LogP) is 2.61. The lowest BCUT2D eigenvalue weighted by Crippen LogP contribution is -2.29. The fourth-order valence-corrected chi connectivity index (χ4v) is 2.78. The first-order valence-corrected chi connectivity index (χ1v) is 9.19. The van der Waals surface area contributed by atoms with Crippen LogP contribution >= 0.6 is 0 Å². The van der Waals surface area contributed by atoms with E-state index in [0.717, 1.165) is 21.4 Å². The standard InChI is InChI=1S/C21H18N6O3/c1-13-3-4-16(11-14(13)2)23-18(28)12-27-19(29)6-5-17(25-27)21-24-20(26-30-21)15-7-9-22-10-8-15/h3-11H,12H2,1-2H3,(H,23,28). The molecule has 150 valence electrons. The lowest BCUT2D eigenvalue weighted by atomic mass is 10.1. The van der Waals surface area contributed by atoms with E-state index in [-0.39, 0.29) is 18.3 Å². The number of anilines is 1. The fourth-order valence-electron chi connectivity index (χ4n) is 2.78. The molecule has 0 unspecified atom stereocenters. The number of amides is 1. The van der Waals surface area contributed by atoms with Gasteiger partial charge in [-0.1, -0.05) is 11.2 Å². The highest BCUT2D eigenvalue weighted by Crippen LogP contribution is 2.19. The lowest BCUT2D eigenvalue weighted by Gasteiger charge is -2.09. The van der Waals surface area contributed by atoms with Crippen molar-refractivity contribution < 1.29 is 9.32 Å². The maximum Gasteiger partial charge on any atom is 0.278 e. The number of aromatic nitrogens is 5. The summed E-state index contributed by atoms with van der Waals surface area (Å²) < 4.78 is 6.32. The van der Waals surface area contributed by atoms with Crippen LogP contribution in [0.3, 0.4) is 0 Å². The van der Waals surface area contributed by atoms with E-state index >= 15 is 0 Å². The van der Waals surface area contributed by atoms with Gasteiger partial charge in [-0.25, -0.2) is 4.68 Å². The Bertz CT molecular complexity index is 1260. The second kappa shape index (κ2) is 8.08. The van der Waals surface area contributed by atoms with Crippen LogP contribution in [0.2, 0.25) is 0 Å². The van der Waals surface area contributed by atoms with Gasteiger partial charge in [-0.2, -0.15) is 10.1 Å². The molecule has 0 spiro atoms. The fraction of sp³-hybridized carbons (Fsp3) is 0.143. The molecule has 9 heteroatoms. The molecule has 3 heterocycles. The van der Waals surface area contributed by atoms with Gasteiger partial charge in [0.1, 0.15) is 12.2 Å². The van der Waals surface area contributed by atoms with E-state index in [0.29, 0.717) is 17.2 Å². The third-order valence-corrected chi connectivity index (χ3v) is 4.53. The second-order valence-electron chi connectivity index (χ2n) is 6.72. The summed E-state index contributed by atoms with van der Waals surface area (Å²) in [4.78, 5) is 32.8. The van der Waals surface area contributed by atoms with Gasteiger partial charge in [0.05, 0.1) is 0 Å². The third kappa shape index (κ3) is 4.14. The largest absolute Gasteiger partial charge is 0.332 e. The Morgan fingerprint density at radius 1 is 1.07 bits per heavy atom. The van der Waals surface area contributed by atoms with Crippen molar-refractivity contribution in [1.82, 2.24) is 24.9 Å². The van der Waals surface area contributed by atoms with Crippen LogP contribution in [0, 0.1) is 13.8 Å². The quantitative estimate of drug-likeness (QED) is 0.545. The molecule has 0 radical (unpaired) electrons. The van der Waals surface area contributed by atoms with E-state index in [1.165, 1.54) is 12.1 Å². The first-order chi connectivity index (χ1) is 14.5. The van der Waals surface area contributed by atoms with Gasteiger partial charge in [0.25, 0.3) is 11.4 Å². The summed E-state index contributed by atoms with van der Waals surface area (Å²) in [6, 6.07) is 11.9. The molecule has 0 bridgehead atoms. The minimum Gasteiger partial charge on any atom is -0.332 e. The Kier molecular flexibility index (Phi) is 5.17. The molecule has 30 heavy (non-hydrogen) atoms. The minimum absolute atomic E-state index is 0.144. The molecule has 1 amide bonds. The predicted molar refractivity (Wildman–Crippen MR) is 110 cm³/mol. The topological polar surface area (TPSA) is 116 Å². The molecule has 4 rings (SSSR count). The summed E-state index contributed by atoms with van der Waals surface area (Å²) in [6.07, 6.45) is 3.25. The molecule has 4 aromatic rings. The summed E-state index contributed by atoms with van der Waals surface area (Å²) in [5, 5.41) is 10.9. The highest BCUT2D eigenvalue weighted by Gasteiger charge is 2.14. The number of rotatable bonds is 5. The first-order valence-electron chi connectivity index (χ1n) is 9.19. The van der Waals surface area contributed by atoms with Gasteiger partial charge in [-0.15, -0.1) is 0 Å². The zero-order valence-corrected chi connectivity index (χ0v) is 16.4. The molecule has 0 aliphatic carbocycles. The maximum absolute atomic E-state index is 12.4. The van der Waals surface area contributed by atoms with Gasteiger partial charge in [0.15, 0.2) is 0 Å². The first kappa shape index (κ1) is 19.2. The van der Waals surface area contributed by atoms with Gasteiger partial charge < -0.3 is 9.84 Å². The van der Waals surface area contributed by atoms with Crippen LogP contribution in [0.25, 0.3) is 23.0 Å². The van der Waals surface area contributed by atoms with Crippen molar-refractivity contribution in [2.24, 2.45) is 0 Å². The van der Waals surface area contributed by atoms with Crippen LogP contribution < -0.4 is 10.9 Å². The van der Waals surface area contributed by atoms with Gasteiger partial charge in [-0.3, -0.25) is 14.6 Å². The van der Waals surface area contributed by atoms with E-state index in [9.17, 15) is 9.59 Å². The van der Waals surface area contributed by atoms with Gasteiger partial charge in [0, 0.05) is 29.7 Å². The number of pyridine rings is 1. The molecule has 3 aromatic heterocycles. The van der Waals surface area contributed by atoms with E-state index in [4.69, 9.17) is 4.52 Å². The Labute approximate surface area is 171 Å². The SMILES string of the molecule is Cc1ccc(NC(=O)Cn2nc(-c3nc(-c4ccncc4)no3)ccc2=O)cc1C. The average molecular weight is 402 g/mol. The average Bonchev–Trinajstić information content (AvgIpc) is 3.23. The van der Waals surface area contributed by atoms with E-state index in [1.807, 2.05) is 32.0 Å². The van der Waals surface area contributed by atoms with Crippen LogP contribution in [-0.4, -0.2) is 30.8 Å². The van der Waals surface area contributed by atoms with Crippen molar-refractivity contribution in [1.29, 1.82) is 0 Å². The van der Waals surface area contributed by atoms with E-state index < -0.39 is 5.56 Å². The number of hydrogen-bond donors (Lipinski definition) is 1. The van der Waals surface area contributed by atoms with E-state index in [2.05, 4.69) is 25.5 Å². The zero-order chi connectivity index (χ0) is 21.1. The zero-order valence-electron chi connectivity index (χ0n) is 16.4. The Balaban J connectivity index is 1.53. The van der Waals surface area contributed by atoms with Crippen molar-refractivity contribution in [2.75, 3.05) is 5.32 Å². The van der Waals surface area contributed by atoms with Crippen molar-refractivity contribution in [3.63, 3.8) is 0 Å². The normalized spacial score (nSPS) is 10.7. The Morgan fingerprint density at radius 3 is 2.63 bits per heavy atom. The molecule has 0 atom stereocenters. The van der Waals surface area contributed by atoms with Crippen LogP contribution in [0.15, 0.2) is 64.2 Å². The number of nitrogens with one attached hydrogen (secondary N) is 1. The number of carbonyl (C=O) groups is 1. The van der Waals surface area contributed by atoms with Gasteiger partial charge in [0.2, 0.25) is 11.7 Å². The molecule has 0 saturated heterocycles. The number of hydrogen-bond acceptors (Lipinski definition) is 7. The summed E-state index contributed by atoms with van der Waals surface area (Å²) >= 11 is 0. The highest BCUT2D eigenvalue weighted by molar-refractivity contribution is 5.90.